The number of hydrogen-bond donors (Lipinski definition) is 0. The first-order valence-corrected chi connectivity index (χ1v) is 8.27. The molecule has 116 valence electrons. The van der Waals surface area contributed by atoms with Gasteiger partial charge in [-0.1, -0.05) is 48.2 Å². The van der Waals surface area contributed by atoms with Gasteiger partial charge in [0.2, 0.25) is 0 Å². The lowest BCUT2D eigenvalue weighted by molar-refractivity contribution is 0.679. The molecule has 2 aromatic rings. The molecule has 23 heavy (non-hydrogen) atoms. The average molecular weight is 323 g/mol. The highest BCUT2D eigenvalue weighted by Gasteiger charge is 2.15. The molecule has 6 heteroatoms. The van der Waals surface area contributed by atoms with E-state index in [1.807, 2.05) is 34.9 Å². The van der Waals surface area contributed by atoms with Gasteiger partial charge in [0.05, 0.1) is 18.1 Å². The number of nitrogens with zero attached hydrogens (tertiary/aromatic N) is 5. The SMILES string of the molecule is C=CCn1c(SCC(C#N)CCC#N)nnc1-c1ccccc1. The van der Waals surface area contributed by atoms with E-state index < -0.39 is 0 Å². The molecule has 0 spiro atoms. The Bertz CT molecular complexity index is 724. The maximum Gasteiger partial charge on any atom is 0.191 e. The third kappa shape index (κ3) is 4.45. The minimum Gasteiger partial charge on any atom is -0.298 e. The van der Waals surface area contributed by atoms with E-state index in [2.05, 4.69) is 28.9 Å². The van der Waals surface area contributed by atoms with Gasteiger partial charge in [0.15, 0.2) is 11.0 Å². The van der Waals surface area contributed by atoms with Crippen molar-refractivity contribution in [2.45, 2.75) is 24.5 Å². The second kappa shape index (κ2) is 8.77. The van der Waals surface area contributed by atoms with Crippen molar-refractivity contribution in [2.75, 3.05) is 5.75 Å². The standard InChI is InChI=1S/C17H17N5S/c1-2-11-22-16(15-8-4-3-5-9-15)20-21-17(22)23-13-14(12-19)7-6-10-18/h2-5,8-9,14H,1,6-7,11,13H2. The zero-order valence-corrected chi connectivity index (χ0v) is 13.5. The Morgan fingerprint density at radius 1 is 1.26 bits per heavy atom. The van der Waals surface area contributed by atoms with Crippen LogP contribution in [0.15, 0.2) is 48.1 Å². The Labute approximate surface area is 140 Å². The molecule has 0 aliphatic heterocycles. The quantitative estimate of drug-likeness (QED) is 0.547. The van der Waals surface area contributed by atoms with Crippen molar-refractivity contribution in [2.24, 2.45) is 5.92 Å². The van der Waals surface area contributed by atoms with Crippen LogP contribution < -0.4 is 0 Å². The van der Waals surface area contributed by atoms with E-state index in [1.165, 1.54) is 11.8 Å². The molecule has 0 saturated heterocycles. The normalized spacial score (nSPS) is 11.4. The first kappa shape index (κ1) is 16.8. The minimum absolute atomic E-state index is 0.159. The number of hydrogen-bond acceptors (Lipinski definition) is 5. The van der Waals surface area contributed by atoms with E-state index >= 15 is 0 Å². The lowest BCUT2D eigenvalue weighted by Crippen LogP contribution is -2.04. The molecule has 0 fully saturated rings. The second-order valence-electron chi connectivity index (χ2n) is 4.91. The van der Waals surface area contributed by atoms with E-state index in [4.69, 9.17) is 10.5 Å². The van der Waals surface area contributed by atoms with Crippen molar-refractivity contribution in [3.63, 3.8) is 0 Å². The van der Waals surface area contributed by atoms with E-state index in [-0.39, 0.29) is 5.92 Å². The van der Waals surface area contributed by atoms with Gasteiger partial charge in [-0.2, -0.15) is 10.5 Å². The van der Waals surface area contributed by atoms with Gasteiger partial charge in [0.25, 0.3) is 0 Å². The summed E-state index contributed by atoms with van der Waals surface area (Å²) in [5, 5.41) is 27.1. The summed E-state index contributed by atoms with van der Waals surface area (Å²) in [7, 11) is 0. The molecule has 1 heterocycles. The first-order valence-electron chi connectivity index (χ1n) is 7.29. The molecule has 1 unspecified atom stereocenters. The van der Waals surface area contributed by atoms with Gasteiger partial charge in [-0.15, -0.1) is 16.8 Å². The van der Waals surface area contributed by atoms with Crippen molar-refractivity contribution < 1.29 is 0 Å². The second-order valence-corrected chi connectivity index (χ2v) is 5.89. The Morgan fingerprint density at radius 2 is 2.04 bits per heavy atom. The summed E-state index contributed by atoms with van der Waals surface area (Å²) in [6, 6.07) is 14.2. The van der Waals surface area contributed by atoms with E-state index in [1.54, 1.807) is 6.08 Å². The number of aromatic nitrogens is 3. The molecule has 0 aliphatic rings. The summed E-state index contributed by atoms with van der Waals surface area (Å²) in [6.45, 7) is 4.40. The van der Waals surface area contributed by atoms with Gasteiger partial charge >= 0.3 is 0 Å². The highest BCUT2D eigenvalue weighted by atomic mass is 32.2. The van der Waals surface area contributed by atoms with Gasteiger partial charge in [-0.05, 0) is 6.42 Å². The molecular formula is C17H17N5S. The highest BCUT2D eigenvalue weighted by Crippen LogP contribution is 2.26. The number of thioether (sulfide) groups is 1. The molecule has 0 radical (unpaired) electrons. The van der Waals surface area contributed by atoms with Crippen molar-refractivity contribution in [3.05, 3.63) is 43.0 Å². The smallest absolute Gasteiger partial charge is 0.191 e. The molecule has 5 nitrogen and oxygen atoms in total. The molecule has 1 aromatic carbocycles. The van der Waals surface area contributed by atoms with Crippen LogP contribution in [-0.4, -0.2) is 20.5 Å². The molecular weight excluding hydrogens is 306 g/mol. The number of rotatable bonds is 8. The third-order valence-corrected chi connectivity index (χ3v) is 4.39. The summed E-state index contributed by atoms with van der Waals surface area (Å²) in [6.07, 6.45) is 2.78. The van der Waals surface area contributed by atoms with Gasteiger partial charge in [-0.25, -0.2) is 0 Å². The van der Waals surface area contributed by atoms with Gasteiger partial charge in [0.1, 0.15) is 0 Å². The van der Waals surface area contributed by atoms with Crippen LogP contribution in [0.4, 0.5) is 0 Å². The number of allylic oxidation sites excluding steroid dienone is 1. The fraction of sp³-hybridized carbons (Fsp3) is 0.294. The Kier molecular flexibility index (Phi) is 6.40. The van der Waals surface area contributed by atoms with E-state index in [0.29, 0.717) is 25.1 Å². The molecule has 0 N–H and O–H groups in total. The van der Waals surface area contributed by atoms with Crippen molar-refractivity contribution in [1.82, 2.24) is 14.8 Å². The lowest BCUT2D eigenvalue weighted by Gasteiger charge is -2.09. The summed E-state index contributed by atoms with van der Waals surface area (Å²) in [5.41, 5.74) is 0.995. The van der Waals surface area contributed by atoms with Crippen LogP contribution >= 0.6 is 11.8 Å². The van der Waals surface area contributed by atoms with Gasteiger partial charge in [0, 0.05) is 24.3 Å². The monoisotopic (exact) mass is 323 g/mol. The summed E-state index contributed by atoms with van der Waals surface area (Å²) in [4.78, 5) is 0. The van der Waals surface area contributed by atoms with E-state index in [0.717, 1.165) is 16.5 Å². The van der Waals surface area contributed by atoms with Crippen LogP contribution in [0.2, 0.25) is 0 Å². The molecule has 2 rings (SSSR count). The van der Waals surface area contributed by atoms with Crippen molar-refractivity contribution >= 4 is 11.8 Å². The van der Waals surface area contributed by atoms with Gasteiger partial charge in [-0.3, -0.25) is 4.57 Å². The fourth-order valence-corrected chi connectivity index (χ4v) is 3.10. The highest BCUT2D eigenvalue weighted by molar-refractivity contribution is 7.99. The largest absolute Gasteiger partial charge is 0.298 e. The predicted octanol–water partition coefficient (Wildman–Crippen LogP) is 3.67. The predicted molar refractivity (Wildman–Crippen MR) is 90.3 cm³/mol. The molecule has 0 saturated carbocycles. The first-order chi connectivity index (χ1) is 11.3. The maximum absolute atomic E-state index is 9.15. The van der Waals surface area contributed by atoms with Crippen LogP contribution in [0.25, 0.3) is 11.4 Å². The summed E-state index contributed by atoms with van der Waals surface area (Å²) in [5.74, 6) is 1.23. The van der Waals surface area contributed by atoms with Crippen LogP contribution in [-0.2, 0) is 6.54 Å². The van der Waals surface area contributed by atoms with Gasteiger partial charge < -0.3 is 0 Å². The zero-order chi connectivity index (χ0) is 16.5. The van der Waals surface area contributed by atoms with Crippen molar-refractivity contribution in [1.29, 1.82) is 10.5 Å². The van der Waals surface area contributed by atoms with Crippen LogP contribution in [0, 0.1) is 28.6 Å². The Balaban J connectivity index is 2.17. The molecule has 0 amide bonds. The maximum atomic E-state index is 9.15. The zero-order valence-electron chi connectivity index (χ0n) is 12.7. The number of nitriles is 2. The lowest BCUT2D eigenvalue weighted by atomic mass is 10.1. The minimum atomic E-state index is -0.159. The summed E-state index contributed by atoms with van der Waals surface area (Å²) < 4.78 is 1.99. The Hall–Kier alpha value is -2.57. The Morgan fingerprint density at radius 3 is 2.70 bits per heavy atom. The number of benzene rings is 1. The molecule has 0 bridgehead atoms. The topological polar surface area (TPSA) is 78.3 Å². The summed E-state index contributed by atoms with van der Waals surface area (Å²) >= 11 is 1.50. The van der Waals surface area contributed by atoms with Crippen molar-refractivity contribution in [3.8, 4) is 23.5 Å². The van der Waals surface area contributed by atoms with Crippen LogP contribution in [0.1, 0.15) is 12.8 Å². The molecule has 1 atom stereocenters. The molecule has 1 aromatic heterocycles. The fourth-order valence-electron chi connectivity index (χ4n) is 2.09. The third-order valence-electron chi connectivity index (χ3n) is 3.26. The van der Waals surface area contributed by atoms with Crippen LogP contribution in [0.3, 0.4) is 0 Å². The molecule has 0 aliphatic carbocycles. The van der Waals surface area contributed by atoms with E-state index in [9.17, 15) is 0 Å². The average Bonchev–Trinajstić information content (AvgIpc) is 2.99. The van der Waals surface area contributed by atoms with Crippen LogP contribution in [0.5, 0.6) is 0 Å².